The summed E-state index contributed by atoms with van der Waals surface area (Å²) < 4.78 is 1.89. The van der Waals surface area contributed by atoms with E-state index in [0.717, 1.165) is 29.4 Å². The van der Waals surface area contributed by atoms with Crippen LogP contribution < -0.4 is 15.5 Å². The largest absolute Gasteiger partial charge is 0.366 e. The van der Waals surface area contributed by atoms with Crippen LogP contribution in [0.5, 0.6) is 0 Å². The predicted molar refractivity (Wildman–Crippen MR) is 117 cm³/mol. The van der Waals surface area contributed by atoms with Crippen molar-refractivity contribution in [2.45, 2.75) is 13.1 Å². The molecule has 1 N–H and O–H groups in total. The summed E-state index contributed by atoms with van der Waals surface area (Å²) in [5.41, 5.74) is 3.28. The molecule has 0 fully saturated rings. The molecule has 4 rings (SSSR count). The van der Waals surface area contributed by atoms with Gasteiger partial charge in [0, 0.05) is 43.9 Å². The van der Waals surface area contributed by atoms with E-state index in [4.69, 9.17) is 4.98 Å². The molecule has 0 amide bonds. The third-order valence-electron chi connectivity index (χ3n) is 4.58. The smallest absolute Gasteiger partial charge is 0.167 e. The molecule has 0 aliphatic heterocycles. The Morgan fingerprint density at radius 3 is 2.64 bits per heavy atom. The van der Waals surface area contributed by atoms with E-state index in [2.05, 4.69) is 70.4 Å². The van der Waals surface area contributed by atoms with Gasteiger partial charge in [0.15, 0.2) is 5.65 Å². The van der Waals surface area contributed by atoms with Crippen molar-refractivity contribution in [2.24, 2.45) is 0 Å². The van der Waals surface area contributed by atoms with Crippen molar-refractivity contribution in [3.8, 4) is 0 Å². The Morgan fingerprint density at radius 1 is 1.07 bits per heavy atom. The highest BCUT2D eigenvalue weighted by atomic mass is 31.1. The van der Waals surface area contributed by atoms with Gasteiger partial charge < -0.3 is 10.2 Å². The highest BCUT2D eigenvalue weighted by Gasteiger charge is 2.13. The second-order valence-electron chi connectivity index (χ2n) is 6.60. The lowest BCUT2D eigenvalue weighted by Crippen LogP contribution is -2.19. The van der Waals surface area contributed by atoms with Crippen molar-refractivity contribution in [3.05, 3.63) is 78.2 Å². The van der Waals surface area contributed by atoms with E-state index in [0.29, 0.717) is 15.1 Å². The molecule has 1 unspecified atom stereocenters. The van der Waals surface area contributed by atoms with Crippen LogP contribution in [-0.4, -0.2) is 33.3 Å². The molecule has 0 saturated heterocycles. The lowest BCUT2D eigenvalue weighted by atomic mass is 10.2. The van der Waals surface area contributed by atoms with Crippen molar-refractivity contribution in [3.63, 3.8) is 0 Å². The normalized spacial score (nSPS) is 11.4. The van der Waals surface area contributed by atoms with Crippen LogP contribution in [0.2, 0.25) is 0 Å². The van der Waals surface area contributed by atoms with Crippen molar-refractivity contribution in [2.75, 3.05) is 23.9 Å². The SMILES string of the molecule is CPc1cnn2c(NCc3cccnc3)cc(N(C)Cc3ccccc3)nc12. The van der Waals surface area contributed by atoms with Crippen LogP contribution in [0.25, 0.3) is 5.65 Å². The molecular weight excluding hydrogens is 367 g/mol. The second-order valence-corrected chi connectivity index (χ2v) is 7.64. The van der Waals surface area contributed by atoms with Crippen LogP contribution in [-0.2, 0) is 13.1 Å². The number of nitrogens with zero attached hydrogens (tertiary/aromatic N) is 5. The van der Waals surface area contributed by atoms with Crippen LogP contribution >= 0.6 is 8.58 Å². The van der Waals surface area contributed by atoms with Gasteiger partial charge in [0.2, 0.25) is 0 Å². The quantitative estimate of drug-likeness (QED) is 0.491. The molecule has 0 saturated carbocycles. The van der Waals surface area contributed by atoms with Gasteiger partial charge in [-0.05, 0) is 23.9 Å². The standard InChI is InChI=1S/C21H23N6P/c1-26(15-16-7-4-3-5-8-16)20-11-19(23-13-17-9-6-10-22-12-17)27-21(25-20)18(28-2)14-24-27/h3-12,14,23,28H,13,15H2,1-2H3. The number of nitrogens with one attached hydrogen (secondary N) is 1. The van der Waals surface area contributed by atoms with Gasteiger partial charge in [0.25, 0.3) is 0 Å². The monoisotopic (exact) mass is 390 g/mol. The molecule has 3 aromatic heterocycles. The number of rotatable bonds is 7. The summed E-state index contributed by atoms with van der Waals surface area (Å²) >= 11 is 0. The third kappa shape index (κ3) is 3.97. The molecule has 3 heterocycles. The van der Waals surface area contributed by atoms with E-state index >= 15 is 0 Å². The summed E-state index contributed by atoms with van der Waals surface area (Å²) in [6, 6.07) is 16.5. The van der Waals surface area contributed by atoms with Gasteiger partial charge in [0.05, 0.1) is 6.20 Å². The molecule has 1 atom stereocenters. The third-order valence-corrected chi connectivity index (χ3v) is 5.47. The maximum absolute atomic E-state index is 4.90. The first-order valence-electron chi connectivity index (χ1n) is 9.19. The van der Waals surface area contributed by atoms with Crippen LogP contribution in [0.15, 0.2) is 67.1 Å². The van der Waals surface area contributed by atoms with Gasteiger partial charge >= 0.3 is 0 Å². The molecule has 0 bridgehead atoms. The minimum atomic E-state index is 0.641. The molecule has 0 radical (unpaired) electrons. The number of hydrogen-bond donors (Lipinski definition) is 1. The number of aromatic nitrogens is 4. The molecular formula is C21H23N6P. The van der Waals surface area contributed by atoms with Crippen molar-refractivity contribution in [1.82, 2.24) is 19.6 Å². The van der Waals surface area contributed by atoms with E-state index in [1.165, 1.54) is 10.9 Å². The zero-order chi connectivity index (χ0) is 19.3. The maximum atomic E-state index is 4.90. The summed E-state index contributed by atoms with van der Waals surface area (Å²) in [6.07, 6.45) is 5.57. The summed E-state index contributed by atoms with van der Waals surface area (Å²) in [5.74, 6) is 1.85. The van der Waals surface area contributed by atoms with Crippen LogP contribution in [0.1, 0.15) is 11.1 Å². The lowest BCUT2D eigenvalue weighted by Gasteiger charge is -2.20. The first kappa shape index (κ1) is 18.4. The zero-order valence-electron chi connectivity index (χ0n) is 16.0. The second kappa shape index (κ2) is 8.36. The summed E-state index contributed by atoms with van der Waals surface area (Å²) in [4.78, 5) is 11.3. The maximum Gasteiger partial charge on any atom is 0.167 e. The molecule has 0 spiro atoms. The fraction of sp³-hybridized carbons (Fsp3) is 0.190. The predicted octanol–water partition coefficient (Wildman–Crippen LogP) is 3.31. The van der Waals surface area contributed by atoms with Gasteiger partial charge in [0.1, 0.15) is 11.6 Å². The fourth-order valence-corrected chi connectivity index (χ4v) is 3.65. The van der Waals surface area contributed by atoms with Crippen LogP contribution in [0, 0.1) is 0 Å². The molecule has 0 aliphatic carbocycles. The van der Waals surface area contributed by atoms with Crippen molar-refractivity contribution >= 4 is 31.2 Å². The Kier molecular flexibility index (Phi) is 5.49. The van der Waals surface area contributed by atoms with Crippen molar-refractivity contribution < 1.29 is 0 Å². The number of pyridine rings is 1. The Labute approximate surface area is 166 Å². The average Bonchev–Trinajstić information content (AvgIpc) is 3.16. The minimum absolute atomic E-state index is 0.641. The zero-order valence-corrected chi connectivity index (χ0v) is 17.0. The van der Waals surface area contributed by atoms with E-state index < -0.39 is 0 Å². The topological polar surface area (TPSA) is 58.4 Å². The molecule has 28 heavy (non-hydrogen) atoms. The highest BCUT2D eigenvalue weighted by molar-refractivity contribution is 7.46. The first-order valence-corrected chi connectivity index (χ1v) is 10.7. The minimum Gasteiger partial charge on any atom is -0.366 e. The summed E-state index contributed by atoms with van der Waals surface area (Å²) in [7, 11) is 2.71. The highest BCUT2D eigenvalue weighted by Crippen LogP contribution is 2.22. The summed E-state index contributed by atoms with van der Waals surface area (Å²) in [5, 5.41) is 9.21. The Bertz CT molecular complexity index is 1050. The Morgan fingerprint density at radius 2 is 1.89 bits per heavy atom. The number of hydrogen-bond acceptors (Lipinski definition) is 5. The molecule has 6 nitrogen and oxygen atoms in total. The fourth-order valence-electron chi connectivity index (χ4n) is 3.08. The van der Waals surface area contributed by atoms with Gasteiger partial charge in [-0.25, -0.2) is 4.98 Å². The lowest BCUT2D eigenvalue weighted by molar-refractivity contribution is 0.874. The van der Waals surface area contributed by atoms with Gasteiger partial charge in [-0.15, -0.1) is 0 Å². The average molecular weight is 390 g/mol. The first-order chi connectivity index (χ1) is 13.7. The summed E-state index contributed by atoms with van der Waals surface area (Å²) in [6.45, 7) is 3.63. The van der Waals surface area contributed by atoms with Crippen LogP contribution in [0.4, 0.5) is 11.6 Å². The van der Waals surface area contributed by atoms with E-state index in [9.17, 15) is 0 Å². The molecule has 4 aromatic rings. The van der Waals surface area contributed by atoms with Gasteiger partial charge in [-0.3, -0.25) is 4.98 Å². The van der Waals surface area contributed by atoms with E-state index in [1.807, 2.05) is 29.0 Å². The molecule has 142 valence electrons. The molecule has 7 heteroatoms. The van der Waals surface area contributed by atoms with Gasteiger partial charge in [-0.2, -0.15) is 9.61 Å². The number of benzene rings is 1. The molecule has 1 aromatic carbocycles. The number of anilines is 2. The Hall–Kier alpha value is -2.98. The van der Waals surface area contributed by atoms with E-state index in [-0.39, 0.29) is 0 Å². The van der Waals surface area contributed by atoms with E-state index in [1.54, 1.807) is 6.20 Å². The van der Waals surface area contributed by atoms with Crippen LogP contribution in [0.3, 0.4) is 0 Å². The Balaban J connectivity index is 1.66. The molecule has 0 aliphatic rings. The number of fused-ring (bicyclic) bond motifs is 1. The van der Waals surface area contributed by atoms with Gasteiger partial charge in [-0.1, -0.05) is 45.0 Å². The van der Waals surface area contributed by atoms with Crippen molar-refractivity contribution in [1.29, 1.82) is 0 Å².